The van der Waals surface area contributed by atoms with Crippen LogP contribution in [0.5, 0.6) is 0 Å². The molecule has 1 aromatic carbocycles. The van der Waals surface area contributed by atoms with Crippen LogP contribution in [0.3, 0.4) is 0 Å². The summed E-state index contributed by atoms with van der Waals surface area (Å²) in [7, 11) is 0. The first kappa shape index (κ1) is 23.6. The Labute approximate surface area is 201 Å². The molecule has 0 fully saturated rings. The second kappa shape index (κ2) is 9.37. The molecule has 1 aliphatic rings. The Morgan fingerprint density at radius 2 is 2.21 bits per heavy atom. The number of fused-ring (bicyclic) bond motifs is 3. The van der Waals surface area contributed by atoms with Gasteiger partial charge in [-0.2, -0.15) is 0 Å². The third-order valence-electron chi connectivity index (χ3n) is 6.27. The van der Waals surface area contributed by atoms with Crippen molar-refractivity contribution in [1.82, 2.24) is 14.9 Å². The SMILES string of the molecule is CC(C)C(C)(N)C/C=C/C(=O)N1CCc2c(sc3ncnc(Nc4ccc(F)c(Cl)c4)c23)C1. The van der Waals surface area contributed by atoms with Crippen LogP contribution in [0.1, 0.15) is 37.6 Å². The molecular formula is C24H27ClFN5OS. The number of nitrogens with two attached hydrogens (primary N) is 1. The molecule has 3 N–H and O–H groups in total. The lowest BCUT2D eigenvalue weighted by atomic mass is 9.86. The van der Waals surface area contributed by atoms with Gasteiger partial charge in [-0.05, 0) is 55.5 Å². The van der Waals surface area contributed by atoms with Crippen molar-refractivity contribution in [2.24, 2.45) is 11.7 Å². The van der Waals surface area contributed by atoms with Crippen molar-refractivity contribution in [2.75, 3.05) is 11.9 Å². The Balaban J connectivity index is 1.53. The van der Waals surface area contributed by atoms with Crippen molar-refractivity contribution in [2.45, 2.75) is 45.7 Å². The van der Waals surface area contributed by atoms with Crippen LogP contribution in [-0.4, -0.2) is 32.9 Å². The van der Waals surface area contributed by atoms with Gasteiger partial charge < -0.3 is 16.0 Å². The van der Waals surface area contributed by atoms with Gasteiger partial charge in [0, 0.05) is 22.6 Å². The Morgan fingerprint density at radius 3 is 2.94 bits per heavy atom. The summed E-state index contributed by atoms with van der Waals surface area (Å²) < 4.78 is 13.5. The summed E-state index contributed by atoms with van der Waals surface area (Å²) in [4.78, 5) is 25.4. The molecule has 0 spiro atoms. The minimum atomic E-state index is -0.470. The van der Waals surface area contributed by atoms with Crippen LogP contribution >= 0.6 is 22.9 Å². The van der Waals surface area contributed by atoms with Gasteiger partial charge in [0.15, 0.2) is 0 Å². The fourth-order valence-electron chi connectivity index (χ4n) is 3.68. The van der Waals surface area contributed by atoms with Crippen LogP contribution in [0.15, 0.2) is 36.7 Å². The molecule has 1 amide bonds. The quantitative estimate of drug-likeness (QED) is 0.453. The van der Waals surface area contributed by atoms with E-state index < -0.39 is 5.82 Å². The number of benzene rings is 1. The number of nitrogens with zero attached hydrogens (tertiary/aromatic N) is 3. The van der Waals surface area contributed by atoms with Gasteiger partial charge in [-0.1, -0.05) is 31.5 Å². The highest BCUT2D eigenvalue weighted by atomic mass is 35.5. The van der Waals surface area contributed by atoms with Crippen molar-refractivity contribution in [3.63, 3.8) is 0 Å². The van der Waals surface area contributed by atoms with Gasteiger partial charge in [-0.3, -0.25) is 4.79 Å². The van der Waals surface area contributed by atoms with E-state index in [4.69, 9.17) is 17.3 Å². The summed E-state index contributed by atoms with van der Waals surface area (Å²) in [5.41, 5.74) is 7.75. The molecule has 1 unspecified atom stereocenters. The van der Waals surface area contributed by atoms with E-state index in [-0.39, 0.29) is 16.5 Å². The molecule has 0 aliphatic carbocycles. The maximum Gasteiger partial charge on any atom is 0.246 e. The average molecular weight is 488 g/mol. The predicted molar refractivity (Wildman–Crippen MR) is 132 cm³/mol. The zero-order valence-electron chi connectivity index (χ0n) is 18.9. The Morgan fingerprint density at radius 1 is 1.42 bits per heavy atom. The molecule has 3 aromatic rings. The third-order valence-corrected chi connectivity index (χ3v) is 7.68. The topological polar surface area (TPSA) is 84.1 Å². The smallest absolute Gasteiger partial charge is 0.246 e. The lowest BCUT2D eigenvalue weighted by Gasteiger charge is -2.28. The van der Waals surface area contributed by atoms with Gasteiger partial charge in [-0.25, -0.2) is 14.4 Å². The zero-order valence-corrected chi connectivity index (χ0v) is 20.4. The highest BCUT2D eigenvalue weighted by molar-refractivity contribution is 7.19. The monoisotopic (exact) mass is 487 g/mol. The van der Waals surface area contributed by atoms with Gasteiger partial charge >= 0.3 is 0 Å². The first-order valence-electron chi connectivity index (χ1n) is 10.9. The highest BCUT2D eigenvalue weighted by Gasteiger charge is 2.26. The number of aromatic nitrogens is 2. The molecule has 3 heterocycles. The lowest BCUT2D eigenvalue weighted by Crippen LogP contribution is -2.41. The molecule has 9 heteroatoms. The number of hydrogen-bond acceptors (Lipinski definition) is 6. The van der Waals surface area contributed by atoms with E-state index in [0.717, 1.165) is 20.7 Å². The molecular weight excluding hydrogens is 461 g/mol. The number of halogens is 2. The number of hydrogen-bond donors (Lipinski definition) is 2. The minimum Gasteiger partial charge on any atom is -0.340 e. The maximum atomic E-state index is 13.5. The normalized spacial score (nSPS) is 15.8. The summed E-state index contributed by atoms with van der Waals surface area (Å²) in [5.74, 6) is 0.490. The first-order valence-corrected chi connectivity index (χ1v) is 12.1. The molecule has 6 nitrogen and oxygen atoms in total. The molecule has 1 atom stereocenters. The van der Waals surface area contributed by atoms with Gasteiger partial charge in [0.2, 0.25) is 5.91 Å². The lowest BCUT2D eigenvalue weighted by molar-refractivity contribution is -0.126. The Hall–Kier alpha value is -2.55. The number of amides is 1. The molecule has 0 bridgehead atoms. The van der Waals surface area contributed by atoms with Gasteiger partial charge in [0.05, 0.1) is 17.0 Å². The minimum absolute atomic E-state index is 0.0111. The van der Waals surface area contributed by atoms with Crippen molar-refractivity contribution in [3.8, 4) is 0 Å². The van der Waals surface area contributed by atoms with Crippen molar-refractivity contribution < 1.29 is 9.18 Å². The molecule has 174 valence electrons. The van der Waals surface area contributed by atoms with Gasteiger partial charge in [-0.15, -0.1) is 11.3 Å². The number of rotatable bonds is 6. The van der Waals surface area contributed by atoms with Crippen LogP contribution < -0.4 is 11.1 Å². The predicted octanol–water partition coefficient (Wildman–Crippen LogP) is 5.43. The molecule has 0 radical (unpaired) electrons. The number of nitrogens with one attached hydrogen (secondary N) is 1. The third kappa shape index (κ3) is 5.03. The molecule has 1 aliphatic heterocycles. The number of thiophene rings is 1. The fraction of sp³-hybridized carbons (Fsp3) is 0.375. The molecule has 4 rings (SSSR count). The number of anilines is 2. The summed E-state index contributed by atoms with van der Waals surface area (Å²) in [5, 5.41) is 4.22. The van der Waals surface area contributed by atoms with E-state index in [9.17, 15) is 9.18 Å². The van der Waals surface area contributed by atoms with Crippen LogP contribution in [0.2, 0.25) is 5.02 Å². The van der Waals surface area contributed by atoms with Crippen molar-refractivity contribution in [3.05, 3.63) is 58.0 Å². The molecule has 33 heavy (non-hydrogen) atoms. The van der Waals surface area contributed by atoms with E-state index >= 15 is 0 Å². The summed E-state index contributed by atoms with van der Waals surface area (Å²) in [6.45, 7) is 7.32. The second-order valence-corrected chi connectivity index (χ2v) is 10.4. The zero-order chi connectivity index (χ0) is 23.8. The van der Waals surface area contributed by atoms with E-state index in [2.05, 4.69) is 29.1 Å². The van der Waals surface area contributed by atoms with Crippen LogP contribution in [0, 0.1) is 11.7 Å². The summed E-state index contributed by atoms with van der Waals surface area (Å²) in [6.07, 6.45) is 6.38. The highest BCUT2D eigenvalue weighted by Crippen LogP contribution is 2.38. The molecule has 0 saturated carbocycles. The van der Waals surface area contributed by atoms with Gasteiger partial charge in [0.1, 0.15) is 22.8 Å². The van der Waals surface area contributed by atoms with E-state index in [0.29, 0.717) is 43.4 Å². The number of carbonyl (C=O) groups is 1. The second-order valence-electron chi connectivity index (χ2n) is 8.94. The van der Waals surface area contributed by atoms with Crippen LogP contribution in [-0.2, 0) is 17.8 Å². The van der Waals surface area contributed by atoms with Crippen LogP contribution in [0.25, 0.3) is 10.2 Å². The fourth-order valence-corrected chi connectivity index (χ4v) is 5.06. The number of carbonyl (C=O) groups excluding carboxylic acids is 1. The Kier molecular flexibility index (Phi) is 6.70. The molecule has 2 aromatic heterocycles. The summed E-state index contributed by atoms with van der Waals surface area (Å²) in [6, 6.07) is 4.46. The maximum absolute atomic E-state index is 13.5. The standard InChI is InChI=1S/C24H27ClFN5OS/c1-14(2)24(3,27)9-4-5-20(32)31-10-8-16-19(12-31)33-23-21(16)22(28-13-29-23)30-15-6-7-18(26)17(25)11-15/h4-7,11,13-14H,8-10,12,27H2,1-3H3,(H,28,29,30)/b5-4+. The largest absolute Gasteiger partial charge is 0.340 e. The van der Waals surface area contributed by atoms with Crippen molar-refractivity contribution >= 4 is 50.6 Å². The molecule has 0 saturated heterocycles. The average Bonchev–Trinajstić information content (AvgIpc) is 3.14. The van der Waals surface area contributed by atoms with E-state index in [1.807, 2.05) is 17.9 Å². The van der Waals surface area contributed by atoms with Crippen molar-refractivity contribution in [1.29, 1.82) is 0 Å². The van der Waals surface area contributed by atoms with E-state index in [1.165, 1.54) is 18.5 Å². The summed E-state index contributed by atoms with van der Waals surface area (Å²) >= 11 is 7.49. The van der Waals surface area contributed by atoms with Crippen LogP contribution in [0.4, 0.5) is 15.9 Å². The van der Waals surface area contributed by atoms with Gasteiger partial charge in [0.25, 0.3) is 0 Å². The first-order chi connectivity index (χ1) is 15.7. The Bertz CT molecular complexity index is 1220. The van der Waals surface area contributed by atoms with E-state index in [1.54, 1.807) is 23.5 Å².